The lowest BCUT2D eigenvalue weighted by Crippen LogP contribution is -2.42. The van der Waals surface area contributed by atoms with E-state index in [0.717, 1.165) is 11.1 Å². The summed E-state index contributed by atoms with van der Waals surface area (Å²) in [5.74, 6) is 0.493. The highest BCUT2D eigenvalue weighted by molar-refractivity contribution is 5.87. The summed E-state index contributed by atoms with van der Waals surface area (Å²) in [5.41, 5.74) is 2.78. The molecule has 0 radical (unpaired) electrons. The Labute approximate surface area is 239 Å². The van der Waals surface area contributed by atoms with Crippen molar-refractivity contribution in [3.05, 3.63) is 136 Å². The number of para-hydroxylation sites is 1. The third-order valence-corrected chi connectivity index (χ3v) is 7.31. The van der Waals surface area contributed by atoms with Crippen LogP contribution in [0.3, 0.4) is 0 Å². The van der Waals surface area contributed by atoms with Crippen LogP contribution in [0.4, 0.5) is 0 Å². The van der Waals surface area contributed by atoms with Gasteiger partial charge in [0.2, 0.25) is 5.91 Å². The van der Waals surface area contributed by atoms with Gasteiger partial charge in [0, 0.05) is 13.7 Å². The number of methoxy groups -OCH3 is 2. The van der Waals surface area contributed by atoms with E-state index in [2.05, 4.69) is 0 Å². The highest BCUT2D eigenvalue weighted by Crippen LogP contribution is 2.31. The van der Waals surface area contributed by atoms with Crippen LogP contribution in [-0.2, 0) is 9.53 Å². The minimum atomic E-state index is -0.563. The summed E-state index contributed by atoms with van der Waals surface area (Å²) in [4.78, 5) is 35.3. The number of amides is 1. The van der Waals surface area contributed by atoms with Gasteiger partial charge in [-0.05, 0) is 54.4 Å². The second kappa shape index (κ2) is 12.6. The van der Waals surface area contributed by atoms with E-state index in [1.165, 1.54) is 0 Å². The van der Waals surface area contributed by atoms with Gasteiger partial charge in [-0.3, -0.25) is 14.2 Å². The molecule has 5 rings (SSSR count). The molecule has 7 heteroatoms. The van der Waals surface area contributed by atoms with Crippen molar-refractivity contribution in [2.24, 2.45) is 0 Å². The fourth-order valence-corrected chi connectivity index (χ4v) is 5.17. The van der Waals surface area contributed by atoms with E-state index < -0.39 is 12.0 Å². The highest BCUT2D eigenvalue weighted by Gasteiger charge is 2.33. The first-order valence-corrected chi connectivity index (χ1v) is 13.6. The van der Waals surface area contributed by atoms with Crippen LogP contribution in [0, 0.1) is 0 Å². The summed E-state index contributed by atoms with van der Waals surface area (Å²) in [7, 11) is 3.21. The summed E-state index contributed by atoms with van der Waals surface area (Å²) in [6.07, 6.45) is 0. The van der Waals surface area contributed by atoms with Crippen molar-refractivity contribution in [3.8, 4) is 11.4 Å². The molecule has 5 aromatic rings. The Morgan fingerprint density at radius 2 is 1.41 bits per heavy atom. The second-order valence-electron chi connectivity index (χ2n) is 9.78. The Bertz CT molecular complexity index is 1630. The average Bonchev–Trinajstić information content (AvgIpc) is 3.02. The number of carbonyl (C=O) groups is 1. The summed E-state index contributed by atoms with van der Waals surface area (Å²) < 4.78 is 12.4. The first kappa shape index (κ1) is 27.8. The van der Waals surface area contributed by atoms with E-state index in [-0.39, 0.29) is 11.5 Å². The van der Waals surface area contributed by atoms with Gasteiger partial charge in [0.05, 0.1) is 42.3 Å². The molecule has 0 aliphatic carbocycles. The third-order valence-electron chi connectivity index (χ3n) is 7.31. The second-order valence-corrected chi connectivity index (χ2v) is 9.78. The van der Waals surface area contributed by atoms with Crippen LogP contribution in [0.5, 0.6) is 5.75 Å². The Balaban J connectivity index is 1.67. The number of benzene rings is 4. The number of nitrogens with zero attached hydrogens (tertiary/aromatic N) is 3. The molecule has 4 aromatic carbocycles. The minimum absolute atomic E-state index is 0.101. The number of hydrogen-bond donors (Lipinski definition) is 0. The first-order chi connectivity index (χ1) is 20.0. The van der Waals surface area contributed by atoms with E-state index in [4.69, 9.17) is 14.5 Å². The van der Waals surface area contributed by atoms with Gasteiger partial charge in [0.1, 0.15) is 11.6 Å². The van der Waals surface area contributed by atoms with E-state index in [1.54, 1.807) is 41.9 Å². The number of ether oxygens (including phenoxy) is 2. The van der Waals surface area contributed by atoms with Crippen molar-refractivity contribution in [1.82, 2.24) is 14.5 Å². The van der Waals surface area contributed by atoms with Crippen LogP contribution >= 0.6 is 0 Å². The quantitative estimate of drug-likeness (QED) is 0.222. The molecule has 1 heterocycles. The molecule has 0 bridgehead atoms. The van der Waals surface area contributed by atoms with Crippen molar-refractivity contribution < 1.29 is 14.3 Å². The molecule has 0 saturated heterocycles. The number of aromatic nitrogens is 2. The highest BCUT2D eigenvalue weighted by atomic mass is 16.5. The van der Waals surface area contributed by atoms with Crippen LogP contribution in [0.2, 0.25) is 0 Å². The topological polar surface area (TPSA) is 73.7 Å². The molecule has 1 aromatic heterocycles. The maximum absolute atomic E-state index is 14.6. The summed E-state index contributed by atoms with van der Waals surface area (Å²) in [6.45, 7) is 2.56. The molecule has 41 heavy (non-hydrogen) atoms. The van der Waals surface area contributed by atoms with Gasteiger partial charge in [0.15, 0.2) is 0 Å². The van der Waals surface area contributed by atoms with Gasteiger partial charge >= 0.3 is 0 Å². The molecular formula is C34H33N3O4. The lowest BCUT2D eigenvalue weighted by Gasteiger charge is -2.33. The number of rotatable bonds is 10. The Kier molecular flexibility index (Phi) is 8.56. The molecular weight excluding hydrogens is 514 g/mol. The molecule has 1 amide bonds. The minimum Gasteiger partial charge on any atom is -0.497 e. The van der Waals surface area contributed by atoms with Gasteiger partial charge in [0.25, 0.3) is 5.56 Å². The fourth-order valence-electron chi connectivity index (χ4n) is 5.17. The largest absolute Gasteiger partial charge is 0.497 e. The van der Waals surface area contributed by atoms with Crippen LogP contribution in [0.15, 0.2) is 114 Å². The summed E-state index contributed by atoms with van der Waals surface area (Å²) in [6, 6.07) is 33.5. The standard InChI is InChI=1S/C34H33N3O4/c1-24(32-35-30-17-11-10-16-29(30)33(38)37(32)27-18-20-28(41-3)21-19-27)36(22-23-40-2)34(39)31(25-12-6-4-7-13-25)26-14-8-5-9-15-26/h4-21,24,31H,22-23H2,1-3H3. The van der Waals surface area contributed by atoms with E-state index in [9.17, 15) is 9.59 Å². The van der Waals surface area contributed by atoms with Crippen LogP contribution in [0.25, 0.3) is 16.6 Å². The average molecular weight is 548 g/mol. The van der Waals surface area contributed by atoms with Crippen molar-refractivity contribution in [2.75, 3.05) is 27.4 Å². The molecule has 0 N–H and O–H groups in total. The molecule has 0 spiro atoms. The zero-order valence-electron chi connectivity index (χ0n) is 23.4. The molecule has 0 aliphatic heterocycles. The van der Waals surface area contributed by atoms with Crippen molar-refractivity contribution >= 4 is 16.8 Å². The van der Waals surface area contributed by atoms with Crippen molar-refractivity contribution in [1.29, 1.82) is 0 Å². The van der Waals surface area contributed by atoms with Gasteiger partial charge in [-0.2, -0.15) is 0 Å². The predicted octanol–water partition coefficient (Wildman–Crippen LogP) is 5.76. The third kappa shape index (κ3) is 5.76. The van der Waals surface area contributed by atoms with Gasteiger partial charge < -0.3 is 14.4 Å². The van der Waals surface area contributed by atoms with Crippen LogP contribution in [-0.4, -0.2) is 47.7 Å². The number of hydrogen-bond acceptors (Lipinski definition) is 5. The molecule has 0 saturated carbocycles. The SMILES string of the molecule is COCCN(C(=O)C(c1ccccc1)c1ccccc1)C(C)c1nc2ccccc2c(=O)n1-c1ccc(OC)cc1. The first-order valence-electron chi connectivity index (χ1n) is 13.6. The number of fused-ring (bicyclic) bond motifs is 1. The Hall–Kier alpha value is -4.75. The predicted molar refractivity (Wildman–Crippen MR) is 161 cm³/mol. The van der Waals surface area contributed by atoms with Crippen molar-refractivity contribution in [2.45, 2.75) is 18.9 Å². The van der Waals surface area contributed by atoms with E-state index >= 15 is 0 Å². The van der Waals surface area contributed by atoms with E-state index in [0.29, 0.717) is 41.3 Å². The summed E-state index contributed by atoms with van der Waals surface area (Å²) in [5, 5.41) is 0.500. The molecule has 0 aliphatic rings. The van der Waals surface area contributed by atoms with Gasteiger partial charge in [-0.1, -0.05) is 72.8 Å². The summed E-state index contributed by atoms with van der Waals surface area (Å²) >= 11 is 0. The molecule has 0 fully saturated rings. The molecule has 208 valence electrons. The Morgan fingerprint density at radius 3 is 2.00 bits per heavy atom. The lowest BCUT2D eigenvalue weighted by atomic mass is 9.89. The molecule has 7 nitrogen and oxygen atoms in total. The van der Waals surface area contributed by atoms with Gasteiger partial charge in [-0.15, -0.1) is 0 Å². The zero-order chi connectivity index (χ0) is 28.8. The Morgan fingerprint density at radius 1 is 0.829 bits per heavy atom. The number of carbonyl (C=O) groups excluding carboxylic acids is 1. The van der Waals surface area contributed by atoms with E-state index in [1.807, 2.05) is 97.9 Å². The monoisotopic (exact) mass is 547 g/mol. The van der Waals surface area contributed by atoms with Crippen LogP contribution < -0.4 is 10.3 Å². The molecule has 1 unspecified atom stereocenters. The fraction of sp³-hybridized carbons (Fsp3) is 0.206. The smallest absolute Gasteiger partial charge is 0.266 e. The van der Waals surface area contributed by atoms with Crippen LogP contribution in [0.1, 0.15) is 35.8 Å². The lowest BCUT2D eigenvalue weighted by molar-refractivity contribution is -0.135. The maximum atomic E-state index is 14.6. The zero-order valence-corrected chi connectivity index (χ0v) is 23.4. The van der Waals surface area contributed by atoms with Gasteiger partial charge in [-0.25, -0.2) is 4.98 Å². The van der Waals surface area contributed by atoms with Crippen molar-refractivity contribution in [3.63, 3.8) is 0 Å². The maximum Gasteiger partial charge on any atom is 0.266 e. The molecule has 1 atom stereocenters. The normalized spacial score (nSPS) is 11.9.